The van der Waals surface area contributed by atoms with E-state index >= 15 is 0 Å². The standard InChI is InChI=1S/C22H18N2O2/c1-14-19(13-16-12-17(26-2)10-11-20(16)23-14)22(25)24-21-9-5-7-15-6-3-4-8-18(15)21/h3-13H,1-2H3,(H,24,25). The van der Waals surface area contributed by atoms with Crippen LogP contribution in [-0.2, 0) is 0 Å². The largest absolute Gasteiger partial charge is 0.497 e. The molecule has 4 heteroatoms. The van der Waals surface area contributed by atoms with Crippen molar-refractivity contribution >= 4 is 33.3 Å². The van der Waals surface area contributed by atoms with Crippen LogP contribution in [0.3, 0.4) is 0 Å². The number of nitrogens with one attached hydrogen (secondary N) is 1. The summed E-state index contributed by atoms with van der Waals surface area (Å²) in [4.78, 5) is 17.5. The lowest BCUT2D eigenvalue weighted by molar-refractivity contribution is 0.102. The summed E-state index contributed by atoms with van der Waals surface area (Å²) in [6.45, 7) is 1.85. The van der Waals surface area contributed by atoms with Crippen LogP contribution in [0.5, 0.6) is 5.75 Å². The van der Waals surface area contributed by atoms with Crippen LogP contribution in [0.1, 0.15) is 16.1 Å². The Morgan fingerprint density at radius 3 is 2.62 bits per heavy atom. The first-order valence-electron chi connectivity index (χ1n) is 8.40. The number of hydrogen-bond donors (Lipinski definition) is 1. The fourth-order valence-electron chi connectivity index (χ4n) is 3.13. The van der Waals surface area contributed by atoms with Crippen molar-refractivity contribution in [3.05, 3.63) is 78.0 Å². The van der Waals surface area contributed by atoms with Gasteiger partial charge < -0.3 is 10.1 Å². The lowest BCUT2D eigenvalue weighted by atomic mass is 10.1. The Kier molecular flexibility index (Phi) is 4.01. The normalized spacial score (nSPS) is 10.8. The number of methoxy groups -OCH3 is 1. The van der Waals surface area contributed by atoms with Gasteiger partial charge >= 0.3 is 0 Å². The Balaban J connectivity index is 1.74. The number of aryl methyl sites for hydroxylation is 1. The van der Waals surface area contributed by atoms with Crippen LogP contribution in [-0.4, -0.2) is 18.0 Å². The van der Waals surface area contributed by atoms with Gasteiger partial charge in [0.2, 0.25) is 0 Å². The number of anilines is 1. The minimum atomic E-state index is -0.170. The number of carbonyl (C=O) groups excluding carboxylic acids is 1. The van der Waals surface area contributed by atoms with Gasteiger partial charge in [0.05, 0.1) is 23.9 Å². The highest BCUT2D eigenvalue weighted by atomic mass is 16.5. The lowest BCUT2D eigenvalue weighted by Gasteiger charge is -2.11. The second-order valence-electron chi connectivity index (χ2n) is 6.16. The zero-order chi connectivity index (χ0) is 18.1. The topological polar surface area (TPSA) is 51.2 Å². The number of amides is 1. The number of carbonyl (C=O) groups is 1. The minimum absolute atomic E-state index is 0.170. The molecule has 128 valence electrons. The highest BCUT2D eigenvalue weighted by molar-refractivity contribution is 6.10. The van der Waals surface area contributed by atoms with Gasteiger partial charge in [-0.2, -0.15) is 0 Å². The van der Waals surface area contributed by atoms with Gasteiger partial charge in [0, 0.05) is 16.5 Å². The highest BCUT2D eigenvalue weighted by Gasteiger charge is 2.13. The van der Waals surface area contributed by atoms with Crippen LogP contribution in [0, 0.1) is 6.92 Å². The average molecular weight is 342 g/mol. The minimum Gasteiger partial charge on any atom is -0.497 e. The number of nitrogens with zero attached hydrogens (tertiary/aromatic N) is 1. The maximum atomic E-state index is 12.9. The summed E-state index contributed by atoms with van der Waals surface area (Å²) in [5, 5.41) is 6.00. The number of ether oxygens (including phenoxy) is 1. The molecule has 0 unspecified atom stereocenters. The van der Waals surface area contributed by atoms with Gasteiger partial charge in [-0.15, -0.1) is 0 Å². The Bertz CT molecular complexity index is 1130. The molecule has 0 aliphatic rings. The van der Waals surface area contributed by atoms with E-state index in [4.69, 9.17) is 4.74 Å². The highest BCUT2D eigenvalue weighted by Crippen LogP contribution is 2.25. The van der Waals surface area contributed by atoms with Crippen molar-refractivity contribution in [2.24, 2.45) is 0 Å². The van der Waals surface area contributed by atoms with Crippen molar-refractivity contribution in [3.63, 3.8) is 0 Å². The molecule has 26 heavy (non-hydrogen) atoms. The molecule has 1 aromatic heterocycles. The van der Waals surface area contributed by atoms with Crippen LogP contribution >= 0.6 is 0 Å². The van der Waals surface area contributed by atoms with Crippen molar-refractivity contribution in [2.75, 3.05) is 12.4 Å². The molecule has 0 fully saturated rings. The smallest absolute Gasteiger partial charge is 0.257 e. The summed E-state index contributed by atoms with van der Waals surface area (Å²) >= 11 is 0. The molecule has 4 aromatic rings. The SMILES string of the molecule is COc1ccc2nc(C)c(C(=O)Nc3cccc4ccccc34)cc2c1. The average Bonchev–Trinajstić information content (AvgIpc) is 2.67. The Labute approximate surface area is 151 Å². The maximum Gasteiger partial charge on any atom is 0.257 e. The van der Waals surface area contributed by atoms with Crippen molar-refractivity contribution < 1.29 is 9.53 Å². The molecule has 0 radical (unpaired) electrons. The van der Waals surface area contributed by atoms with Crippen LogP contribution in [0.2, 0.25) is 0 Å². The van der Waals surface area contributed by atoms with Gasteiger partial charge in [-0.1, -0.05) is 36.4 Å². The second kappa shape index (κ2) is 6.48. The zero-order valence-electron chi connectivity index (χ0n) is 14.6. The summed E-state index contributed by atoms with van der Waals surface area (Å²) in [7, 11) is 1.62. The summed E-state index contributed by atoms with van der Waals surface area (Å²) in [6, 6.07) is 21.4. The Morgan fingerprint density at radius 2 is 1.77 bits per heavy atom. The van der Waals surface area contributed by atoms with Crippen LogP contribution in [0.25, 0.3) is 21.7 Å². The molecule has 0 aliphatic heterocycles. The van der Waals surface area contributed by atoms with Crippen molar-refractivity contribution in [3.8, 4) is 5.75 Å². The monoisotopic (exact) mass is 342 g/mol. The van der Waals surface area contributed by atoms with E-state index in [2.05, 4.69) is 10.3 Å². The van der Waals surface area contributed by atoms with Gasteiger partial charge in [-0.05, 0) is 42.6 Å². The fourth-order valence-corrected chi connectivity index (χ4v) is 3.13. The molecule has 4 rings (SSSR count). The molecule has 1 N–H and O–H groups in total. The number of rotatable bonds is 3. The maximum absolute atomic E-state index is 12.9. The van der Waals surface area contributed by atoms with E-state index < -0.39 is 0 Å². The van der Waals surface area contributed by atoms with Gasteiger partial charge in [0.15, 0.2) is 0 Å². The van der Waals surface area contributed by atoms with E-state index in [0.29, 0.717) is 11.3 Å². The third kappa shape index (κ3) is 2.86. The zero-order valence-corrected chi connectivity index (χ0v) is 14.6. The van der Waals surface area contributed by atoms with Gasteiger partial charge in [-0.25, -0.2) is 0 Å². The fraction of sp³-hybridized carbons (Fsp3) is 0.0909. The molecule has 0 aliphatic carbocycles. The molecule has 0 atom stereocenters. The van der Waals surface area contributed by atoms with Crippen molar-refractivity contribution in [1.29, 1.82) is 0 Å². The van der Waals surface area contributed by atoms with Crippen molar-refractivity contribution in [1.82, 2.24) is 4.98 Å². The van der Waals surface area contributed by atoms with E-state index in [9.17, 15) is 4.79 Å². The molecule has 4 nitrogen and oxygen atoms in total. The van der Waals surface area contributed by atoms with Crippen LogP contribution in [0.15, 0.2) is 66.7 Å². The quantitative estimate of drug-likeness (QED) is 0.573. The van der Waals surface area contributed by atoms with E-state index in [0.717, 1.165) is 33.1 Å². The van der Waals surface area contributed by atoms with E-state index in [1.807, 2.05) is 73.7 Å². The molecule has 1 heterocycles. The Morgan fingerprint density at radius 1 is 0.962 bits per heavy atom. The molecule has 0 bridgehead atoms. The van der Waals surface area contributed by atoms with Gasteiger partial charge in [0.1, 0.15) is 5.75 Å². The number of aromatic nitrogens is 1. The summed E-state index contributed by atoms with van der Waals surface area (Å²) in [6.07, 6.45) is 0. The molecule has 0 saturated carbocycles. The van der Waals surface area contributed by atoms with E-state index in [1.165, 1.54) is 0 Å². The predicted molar refractivity (Wildman–Crippen MR) is 105 cm³/mol. The Hall–Kier alpha value is -3.40. The summed E-state index contributed by atoms with van der Waals surface area (Å²) < 4.78 is 5.27. The molecule has 1 amide bonds. The third-order valence-corrected chi connectivity index (χ3v) is 4.49. The molecule has 0 spiro atoms. The number of hydrogen-bond acceptors (Lipinski definition) is 3. The number of fused-ring (bicyclic) bond motifs is 2. The van der Waals surface area contributed by atoms with E-state index in [1.54, 1.807) is 7.11 Å². The first-order valence-corrected chi connectivity index (χ1v) is 8.40. The molecule has 0 saturated heterocycles. The molecular weight excluding hydrogens is 324 g/mol. The van der Waals surface area contributed by atoms with Crippen LogP contribution in [0.4, 0.5) is 5.69 Å². The van der Waals surface area contributed by atoms with Gasteiger partial charge in [0.25, 0.3) is 5.91 Å². The van der Waals surface area contributed by atoms with Crippen LogP contribution < -0.4 is 10.1 Å². The third-order valence-electron chi connectivity index (χ3n) is 4.49. The van der Waals surface area contributed by atoms with Gasteiger partial charge in [-0.3, -0.25) is 9.78 Å². The van der Waals surface area contributed by atoms with Crippen molar-refractivity contribution in [2.45, 2.75) is 6.92 Å². The molecule has 3 aromatic carbocycles. The lowest BCUT2D eigenvalue weighted by Crippen LogP contribution is -2.14. The molecular formula is C22H18N2O2. The second-order valence-corrected chi connectivity index (χ2v) is 6.16. The summed E-state index contributed by atoms with van der Waals surface area (Å²) in [5.41, 5.74) is 2.88. The number of benzene rings is 3. The number of pyridine rings is 1. The predicted octanol–water partition coefficient (Wildman–Crippen LogP) is 4.96. The first-order chi connectivity index (χ1) is 12.7. The van der Waals surface area contributed by atoms with E-state index in [-0.39, 0.29) is 5.91 Å². The first kappa shape index (κ1) is 16.1. The summed E-state index contributed by atoms with van der Waals surface area (Å²) in [5.74, 6) is 0.569.